The van der Waals surface area contributed by atoms with Crippen LogP contribution < -0.4 is 0 Å². The van der Waals surface area contributed by atoms with Gasteiger partial charge in [-0.1, -0.05) is 44.0 Å². The fourth-order valence-corrected chi connectivity index (χ4v) is 2.74. The van der Waals surface area contributed by atoms with Gasteiger partial charge >= 0.3 is 5.97 Å². The molecular formula is C17H24O3. The molecule has 1 aromatic carbocycles. The van der Waals surface area contributed by atoms with Gasteiger partial charge in [0, 0.05) is 0 Å². The van der Waals surface area contributed by atoms with Crippen LogP contribution in [-0.2, 0) is 9.53 Å². The molecular weight excluding hydrogens is 252 g/mol. The number of aliphatic hydroxyl groups is 1. The Kier molecular flexibility index (Phi) is 5.18. The summed E-state index contributed by atoms with van der Waals surface area (Å²) >= 11 is 0. The molecule has 1 saturated carbocycles. The Morgan fingerprint density at radius 1 is 1.40 bits per heavy atom. The third-order valence-corrected chi connectivity index (χ3v) is 4.09. The quantitative estimate of drug-likeness (QED) is 0.774. The Balaban J connectivity index is 2.21. The van der Waals surface area contributed by atoms with E-state index in [9.17, 15) is 9.90 Å². The molecule has 1 aliphatic rings. The third-order valence-electron chi connectivity index (χ3n) is 4.09. The molecule has 20 heavy (non-hydrogen) atoms. The molecule has 0 heterocycles. The predicted molar refractivity (Wildman–Crippen MR) is 78.4 cm³/mol. The number of methoxy groups -OCH3 is 1. The molecule has 2 atom stereocenters. The van der Waals surface area contributed by atoms with Crippen molar-refractivity contribution in [3.8, 4) is 0 Å². The van der Waals surface area contributed by atoms with Gasteiger partial charge in [0.25, 0.3) is 0 Å². The topological polar surface area (TPSA) is 46.5 Å². The van der Waals surface area contributed by atoms with Crippen LogP contribution in [0.15, 0.2) is 24.3 Å². The predicted octanol–water partition coefficient (Wildman–Crippen LogP) is 3.58. The summed E-state index contributed by atoms with van der Waals surface area (Å²) < 4.78 is 4.87. The van der Waals surface area contributed by atoms with Crippen LogP contribution in [0.2, 0.25) is 0 Å². The molecule has 0 spiro atoms. The van der Waals surface area contributed by atoms with Gasteiger partial charge in [0.2, 0.25) is 0 Å². The van der Waals surface area contributed by atoms with Crippen LogP contribution in [0, 0.1) is 5.92 Å². The first-order chi connectivity index (χ1) is 9.69. The van der Waals surface area contributed by atoms with Crippen molar-refractivity contribution in [1.29, 1.82) is 0 Å². The number of carbonyl (C=O) groups is 1. The zero-order valence-corrected chi connectivity index (χ0v) is 12.3. The average molecular weight is 276 g/mol. The number of ether oxygens (including phenoxy) is 1. The van der Waals surface area contributed by atoms with Crippen LogP contribution >= 0.6 is 0 Å². The van der Waals surface area contributed by atoms with Gasteiger partial charge in [-0.3, -0.25) is 4.79 Å². The fourth-order valence-electron chi connectivity index (χ4n) is 2.74. The minimum Gasteiger partial charge on any atom is -0.469 e. The van der Waals surface area contributed by atoms with Gasteiger partial charge in [0.05, 0.1) is 19.1 Å². The molecule has 1 aliphatic carbocycles. The Hall–Kier alpha value is -1.35. The van der Waals surface area contributed by atoms with Gasteiger partial charge < -0.3 is 9.84 Å². The van der Waals surface area contributed by atoms with Crippen molar-refractivity contribution in [3.05, 3.63) is 35.4 Å². The number of aliphatic hydroxyl groups excluding tert-OH is 1. The van der Waals surface area contributed by atoms with Crippen LogP contribution in [0.25, 0.3) is 0 Å². The molecule has 0 saturated heterocycles. The number of hydrogen-bond donors (Lipinski definition) is 1. The maximum absolute atomic E-state index is 11.9. The van der Waals surface area contributed by atoms with Gasteiger partial charge in [-0.25, -0.2) is 0 Å². The summed E-state index contributed by atoms with van der Waals surface area (Å²) in [6, 6.07) is 7.95. The summed E-state index contributed by atoms with van der Waals surface area (Å²) in [5.74, 6) is -0.207. The highest BCUT2D eigenvalue weighted by molar-refractivity contribution is 5.73. The standard InChI is InChI=1S/C17H24O3/c1-3-4-7-15(17(19)20-2)16(18)14-9-6-5-8-13(14)12-10-11-12/h5-6,8-9,12,15-16,18H,3-4,7,10-11H2,1-2H3. The fraction of sp³-hybridized carbons (Fsp3) is 0.588. The molecule has 2 unspecified atom stereocenters. The summed E-state index contributed by atoms with van der Waals surface area (Å²) in [6.07, 6.45) is 4.20. The van der Waals surface area contributed by atoms with Crippen molar-refractivity contribution in [2.75, 3.05) is 7.11 Å². The average Bonchev–Trinajstić information content (AvgIpc) is 3.31. The van der Waals surface area contributed by atoms with Gasteiger partial charge in [0.1, 0.15) is 0 Å². The highest BCUT2D eigenvalue weighted by atomic mass is 16.5. The lowest BCUT2D eigenvalue weighted by Crippen LogP contribution is -2.24. The summed E-state index contributed by atoms with van der Waals surface area (Å²) in [5.41, 5.74) is 2.10. The second kappa shape index (κ2) is 6.89. The number of carbonyl (C=O) groups excluding carboxylic acids is 1. The lowest BCUT2D eigenvalue weighted by Gasteiger charge is -2.23. The summed E-state index contributed by atoms with van der Waals surface area (Å²) in [7, 11) is 1.39. The number of unbranched alkanes of at least 4 members (excludes halogenated alkanes) is 1. The monoisotopic (exact) mass is 276 g/mol. The van der Waals surface area contributed by atoms with E-state index >= 15 is 0 Å². The van der Waals surface area contributed by atoms with E-state index in [1.807, 2.05) is 18.2 Å². The number of esters is 1. The van der Waals surface area contributed by atoms with E-state index in [2.05, 4.69) is 13.0 Å². The van der Waals surface area contributed by atoms with Crippen molar-refractivity contribution in [1.82, 2.24) is 0 Å². The highest BCUT2D eigenvalue weighted by Crippen LogP contribution is 2.44. The number of hydrogen-bond acceptors (Lipinski definition) is 3. The Morgan fingerprint density at radius 2 is 2.10 bits per heavy atom. The van der Waals surface area contributed by atoms with Crippen LogP contribution in [0.3, 0.4) is 0 Å². The normalized spacial score (nSPS) is 17.6. The summed E-state index contributed by atoms with van der Waals surface area (Å²) in [6.45, 7) is 2.08. The smallest absolute Gasteiger partial charge is 0.311 e. The van der Waals surface area contributed by atoms with Gasteiger partial charge in [-0.05, 0) is 36.3 Å². The molecule has 0 bridgehead atoms. The van der Waals surface area contributed by atoms with E-state index in [4.69, 9.17) is 4.74 Å². The zero-order chi connectivity index (χ0) is 14.5. The van der Waals surface area contributed by atoms with Crippen molar-refractivity contribution in [2.45, 2.75) is 51.0 Å². The Bertz CT molecular complexity index is 451. The molecule has 1 fully saturated rings. The maximum atomic E-state index is 11.9. The first-order valence-electron chi connectivity index (χ1n) is 7.53. The largest absolute Gasteiger partial charge is 0.469 e. The first kappa shape index (κ1) is 15.0. The molecule has 110 valence electrons. The first-order valence-corrected chi connectivity index (χ1v) is 7.53. The SMILES string of the molecule is CCCCC(C(=O)OC)C(O)c1ccccc1C1CC1. The number of rotatable bonds is 7. The van der Waals surface area contributed by atoms with Crippen molar-refractivity contribution < 1.29 is 14.6 Å². The molecule has 0 radical (unpaired) electrons. The van der Waals surface area contributed by atoms with E-state index < -0.39 is 12.0 Å². The second-order valence-corrected chi connectivity index (χ2v) is 5.62. The zero-order valence-electron chi connectivity index (χ0n) is 12.3. The molecule has 1 N–H and O–H groups in total. The third kappa shape index (κ3) is 3.40. The lowest BCUT2D eigenvalue weighted by molar-refractivity contribution is -0.150. The van der Waals surface area contributed by atoms with Crippen molar-refractivity contribution in [3.63, 3.8) is 0 Å². The van der Waals surface area contributed by atoms with Gasteiger partial charge in [-0.15, -0.1) is 0 Å². The van der Waals surface area contributed by atoms with Gasteiger partial charge in [-0.2, -0.15) is 0 Å². The van der Waals surface area contributed by atoms with Crippen LogP contribution in [0.5, 0.6) is 0 Å². The van der Waals surface area contributed by atoms with E-state index in [-0.39, 0.29) is 5.97 Å². The van der Waals surface area contributed by atoms with Crippen LogP contribution in [0.4, 0.5) is 0 Å². The second-order valence-electron chi connectivity index (χ2n) is 5.62. The molecule has 0 aromatic heterocycles. The number of benzene rings is 1. The van der Waals surface area contributed by atoms with Gasteiger partial charge in [0.15, 0.2) is 0 Å². The lowest BCUT2D eigenvalue weighted by atomic mass is 9.87. The molecule has 0 amide bonds. The summed E-state index contributed by atoms with van der Waals surface area (Å²) in [4.78, 5) is 11.9. The molecule has 0 aliphatic heterocycles. The minimum absolute atomic E-state index is 0.309. The molecule has 3 nitrogen and oxygen atoms in total. The Morgan fingerprint density at radius 3 is 2.70 bits per heavy atom. The molecule has 1 aromatic rings. The van der Waals surface area contributed by atoms with Crippen molar-refractivity contribution >= 4 is 5.97 Å². The van der Waals surface area contributed by atoms with E-state index in [0.717, 1.165) is 18.4 Å². The molecule has 2 rings (SSSR count). The van der Waals surface area contributed by atoms with E-state index in [1.165, 1.54) is 25.5 Å². The highest BCUT2D eigenvalue weighted by Gasteiger charge is 2.33. The summed E-state index contributed by atoms with van der Waals surface area (Å²) in [5, 5.41) is 10.7. The molecule has 3 heteroatoms. The van der Waals surface area contributed by atoms with E-state index in [1.54, 1.807) is 0 Å². The van der Waals surface area contributed by atoms with E-state index in [0.29, 0.717) is 12.3 Å². The van der Waals surface area contributed by atoms with Crippen molar-refractivity contribution in [2.24, 2.45) is 5.92 Å². The Labute approximate surface area is 121 Å². The minimum atomic E-state index is -0.759. The maximum Gasteiger partial charge on any atom is 0.311 e. The van der Waals surface area contributed by atoms with Crippen LogP contribution in [0.1, 0.15) is 62.2 Å². The van der Waals surface area contributed by atoms with Crippen LogP contribution in [-0.4, -0.2) is 18.2 Å².